The van der Waals surface area contributed by atoms with Crippen molar-refractivity contribution in [2.75, 3.05) is 19.7 Å². The lowest BCUT2D eigenvalue weighted by atomic mass is 10.0. The number of benzene rings is 1. The Bertz CT molecular complexity index is 319. The Balaban J connectivity index is 2.11. The van der Waals surface area contributed by atoms with Crippen molar-refractivity contribution < 1.29 is 9.50 Å². The predicted molar refractivity (Wildman–Crippen MR) is 61.7 cm³/mol. The number of halogens is 1. The van der Waals surface area contributed by atoms with Gasteiger partial charge in [0.1, 0.15) is 5.82 Å². The maximum absolute atomic E-state index is 12.8. The molecule has 1 N–H and O–H groups in total. The van der Waals surface area contributed by atoms with Crippen LogP contribution in [0.4, 0.5) is 4.39 Å². The Morgan fingerprint density at radius 1 is 1.12 bits per heavy atom. The van der Waals surface area contributed by atoms with Crippen LogP contribution in [0.25, 0.3) is 0 Å². The number of nitrogens with zero attached hydrogens (tertiary/aromatic N) is 1. The van der Waals surface area contributed by atoms with Crippen LogP contribution in [0.15, 0.2) is 24.3 Å². The second-order valence-electron chi connectivity index (χ2n) is 4.35. The van der Waals surface area contributed by atoms with E-state index in [0.717, 1.165) is 18.7 Å². The van der Waals surface area contributed by atoms with E-state index in [9.17, 15) is 9.50 Å². The molecule has 0 radical (unpaired) electrons. The van der Waals surface area contributed by atoms with Crippen LogP contribution in [0.3, 0.4) is 0 Å². The van der Waals surface area contributed by atoms with E-state index < -0.39 is 0 Å². The molecule has 1 atom stereocenters. The first kappa shape index (κ1) is 11.6. The average Bonchev–Trinajstić information content (AvgIpc) is 2.34. The van der Waals surface area contributed by atoms with Gasteiger partial charge in [-0.1, -0.05) is 18.6 Å². The van der Waals surface area contributed by atoms with Gasteiger partial charge in [-0.15, -0.1) is 0 Å². The molecule has 0 saturated carbocycles. The number of rotatable bonds is 3. The molecule has 1 aliphatic heterocycles. The molecule has 1 saturated heterocycles. The summed E-state index contributed by atoms with van der Waals surface area (Å²) in [5.41, 5.74) is 1.01. The van der Waals surface area contributed by atoms with Crippen LogP contribution < -0.4 is 0 Å². The van der Waals surface area contributed by atoms with E-state index in [1.807, 2.05) is 0 Å². The Morgan fingerprint density at radius 2 is 1.75 bits per heavy atom. The van der Waals surface area contributed by atoms with Crippen molar-refractivity contribution in [2.24, 2.45) is 0 Å². The zero-order chi connectivity index (χ0) is 11.4. The number of hydrogen-bond donors (Lipinski definition) is 1. The fraction of sp³-hybridized carbons (Fsp3) is 0.538. The molecular weight excluding hydrogens is 205 g/mol. The van der Waals surface area contributed by atoms with E-state index in [2.05, 4.69) is 4.90 Å². The molecule has 1 aromatic carbocycles. The molecule has 1 fully saturated rings. The molecule has 0 spiro atoms. The average molecular weight is 223 g/mol. The summed E-state index contributed by atoms with van der Waals surface area (Å²) in [7, 11) is 0. The Hall–Kier alpha value is -0.930. The molecule has 0 amide bonds. The van der Waals surface area contributed by atoms with Gasteiger partial charge in [-0.2, -0.15) is 0 Å². The summed E-state index contributed by atoms with van der Waals surface area (Å²) in [6.45, 7) is 2.16. The Kier molecular flexibility index (Phi) is 3.91. The smallest absolute Gasteiger partial charge is 0.123 e. The summed E-state index contributed by atoms with van der Waals surface area (Å²) in [6, 6.07) is 6.49. The molecule has 1 heterocycles. The van der Waals surface area contributed by atoms with E-state index in [4.69, 9.17) is 0 Å². The summed E-state index contributed by atoms with van der Waals surface area (Å²) in [6.07, 6.45) is 3.66. The maximum Gasteiger partial charge on any atom is 0.123 e. The second kappa shape index (κ2) is 5.41. The zero-order valence-electron chi connectivity index (χ0n) is 9.40. The molecular formula is C13H18FNO. The van der Waals surface area contributed by atoms with Crippen molar-refractivity contribution in [3.63, 3.8) is 0 Å². The maximum atomic E-state index is 12.8. The molecule has 0 bridgehead atoms. The lowest BCUT2D eigenvalue weighted by molar-refractivity contribution is 0.104. The molecule has 3 heteroatoms. The topological polar surface area (TPSA) is 23.5 Å². The number of likely N-dealkylation sites (tertiary alicyclic amines) is 1. The fourth-order valence-corrected chi connectivity index (χ4v) is 2.35. The van der Waals surface area contributed by atoms with Gasteiger partial charge in [0.2, 0.25) is 0 Å². The van der Waals surface area contributed by atoms with Crippen molar-refractivity contribution in [1.29, 1.82) is 0 Å². The SMILES string of the molecule is OCC(c1ccc(F)cc1)N1CCCCC1. The summed E-state index contributed by atoms with van der Waals surface area (Å²) >= 11 is 0. The lowest BCUT2D eigenvalue weighted by Gasteiger charge is -2.33. The molecule has 88 valence electrons. The third-order valence-corrected chi connectivity index (χ3v) is 3.26. The van der Waals surface area contributed by atoms with Crippen LogP contribution in [0.5, 0.6) is 0 Å². The number of hydrogen-bond acceptors (Lipinski definition) is 2. The first-order valence-electron chi connectivity index (χ1n) is 5.91. The van der Waals surface area contributed by atoms with E-state index in [1.165, 1.54) is 31.4 Å². The quantitative estimate of drug-likeness (QED) is 0.850. The largest absolute Gasteiger partial charge is 0.394 e. The summed E-state index contributed by atoms with van der Waals surface area (Å²) in [5.74, 6) is -0.223. The lowest BCUT2D eigenvalue weighted by Crippen LogP contribution is -2.35. The summed E-state index contributed by atoms with van der Waals surface area (Å²) in [5, 5.41) is 9.47. The summed E-state index contributed by atoms with van der Waals surface area (Å²) < 4.78 is 12.8. The molecule has 1 unspecified atom stereocenters. The van der Waals surface area contributed by atoms with Crippen LogP contribution in [0.2, 0.25) is 0 Å². The molecule has 0 aromatic heterocycles. The highest BCUT2D eigenvalue weighted by Gasteiger charge is 2.21. The van der Waals surface area contributed by atoms with Crippen LogP contribution >= 0.6 is 0 Å². The Labute approximate surface area is 95.7 Å². The number of aliphatic hydroxyl groups excluding tert-OH is 1. The highest BCUT2D eigenvalue weighted by molar-refractivity contribution is 5.20. The van der Waals surface area contributed by atoms with Gasteiger partial charge in [0.15, 0.2) is 0 Å². The van der Waals surface area contributed by atoms with E-state index >= 15 is 0 Å². The van der Waals surface area contributed by atoms with Crippen molar-refractivity contribution in [1.82, 2.24) is 4.90 Å². The minimum Gasteiger partial charge on any atom is -0.394 e. The van der Waals surface area contributed by atoms with Gasteiger partial charge in [0, 0.05) is 0 Å². The van der Waals surface area contributed by atoms with Crippen molar-refractivity contribution in [2.45, 2.75) is 25.3 Å². The van der Waals surface area contributed by atoms with Gasteiger partial charge in [-0.25, -0.2) is 4.39 Å². The third kappa shape index (κ3) is 2.60. The third-order valence-electron chi connectivity index (χ3n) is 3.26. The standard InChI is InChI=1S/C13H18FNO/c14-12-6-4-11(5-7-12)13(10-16)15-8-2-1-3-9-15/h4-7,13,16H,1-3,8-10H2. The van der Waals surface area contributed by atoms with Gasteiger partial charge in [0.25, 0.3) is 0 Å². The minimum atomic E-state index is -0.223. The number of aliphatic hydroxyl groups is 1. The van der Waals surface area contributed by atoms with Gasteiger partial charge in [-0.05, 0) is 43.6 Å². The van der Waals surface area contributed by atoms with Crippen LogP contribution in [0.1, 0.15) is 30.9 Å². The molecule has 2 nitrogen and oxygen atoms in total. The normalized spacial score (nSPS) is 19.6. The van der Waals surface area contributed by atoms with Crippen LogP contribution in [-0.4, -0.2) is 29.7 Å². The van der Waals surface area contributed by atoms with Gasteiger partial charge in [-0.3, -0.25) is 4.90 Å². The van der Waals surface area contributed by atoms with Gasteiger partial charge < -0.3 is 5.11 Å². The van der Waals surface area contributed by atoms with Crippen LogP contribution in [-0.2, 0) is 0 Å². The van der Waals surface area contributed by atoms with Gasteiger partial charge >= 0.3 is 0 Å². The zero-order valence-corrected chi connectivity index (χ0v) is 9.40. The molecule has 0 aliphatic carbocycles. The first-order chi connectivity index (χ1) is 7.81. The minimum absolute atomic E-state index is 0.0286. The van der Waals surface area contributed by atoms with Crippen molar-refractivity contribution in [3.05, 3.63) is 35.6 Å². The van der Waals surface area contributed by atoms with Gasteiger partial charge in [0.05, 0.1) is 12.6 Å². The van der Waals surface area contributed by atoms with Crippen molar-refractivity contribution in [3.8, 4) is 0 Å². The number of piperidine rings is 1. The highest BCUT2D eigenvalue weighted by Crippen LogP contribution is 2.24. The fourth-order valence-electron chi connectivity index (χ4n) is 2.35. The highest BCUT2D eigenvalue weighted by atomic mass is 19.1. The first-order valence-corrected chi connectivity index (χ1v) is 5.91. The molecule has 2 rings (SSSR count). The Morgan fingerprint density at radius 3 is 2.31 bits per heavy atom. The summed E-state index contributed by atoms with van der Waals surface area (Å²) in [4.78, 5) is 2.29. The van der Waals surface area contributed by atoms with E-state index in [-0.39, 0.29) is 18.5 Å². The molecule has 1 aliphatic rings. The van der Waals surface area contributed by atoms with E-state index in [0.29, 0.717) is 0 Å². The second-order valence-corrected chi connectivity index (χ2v) is 4.35. The van der Waals surface area contributed by atoms with Crippen LogP contribution in [0, 0.1) is 5.82 Å². The molecule has 16 heavy (non-hydrogen) atoms. The predicted octanol–water partition coefficient (Wildman–Crippen LogP) is 2.35. The molecule has 1 aromatic rings. The van der Waals surface area contributed by atoms with E-state index in [1.54, 1.807) is 12.1 Å². The van der Waals surface area contributed by atoms with Crippen molar-refractivity contribution >= 4 is 0 Å². The monoisotopic (exact) mass is 223 g/mol.